The Hall–Kier alpha value is -2.01. The van der Waals surface area contributed by atoms with Gasteiger partial charge in [0.1, 0.15) is 0 Å². The number of benzene rings is 1. The van der Waals surface area contributed by atoms with Crippen molar-refractivity contribution in [1.82, 2.24) is 20.6 Å². The molecule has 1 heterocycles. The summed E-state index contributed by atoms with van der Waals surface area (Å²) in [6.45, 7) is 1.29. The number of hydrogen-bond donors (Lipinski definition) is 2. The third kappa shape index (κ3) is 3.51. The molecule has 0 unspecified atom stereocenters. The average molecular weight is 270 g/mol. The average Bonchev–Trinajstić information content (AvgIpc) is 3.27. The number of amides is 1. The summed E-state index contributed by atoms with van der Waals surface area (Å²) < 4.78 is 0. The highest BCUT2D eigenvalue weighted by atomic mass is 16.1. The highest BCUT2D eigenvalue weighted by molar-refractivity contribution is 5.76. The van der Waals surface area contributed by atoms with Crippen LogP contribution < -0.4 is 10.6 Å². The van der Waals surface area contributed by atoms with E-state index in [9.17, 15) is 4.79 Å². The Balaban J connectivity index is 1.45. The normalized spacial score (nSPS) is 14.4. The predicted octanol–water partition coefficient (Wildman–Crippen LogP) is 1.39. The SMILES string of the molecule is O=C(CCNCc1cnc2ccccc2n1)NC1CC1. The van der Waals surface area contributed by atoms with Gasteiger partial charge < -0.3 is 10.6 Å². The van der Waals surface area contributed by atoms with Gasteiger partial charge in [0.2, 0.25) is 5.91 Å². The fraction of sp³-hybridized carbons (Fsp3) is 0.400. The molecule has 0 radical (unpaired) electrons. The molecular weight excluding hydrogens is 252 g/mol. The fourth-order valence-corrected chi connectivity index (χ4v) is 2.03. The van der Waals surface area contributed by atoms with Crippen LogP contribution in [0.5, 0.6) is 0 Å². The zero-order valence-corrected chi connectivity index (χ0v) is 11.3. The highest BCUT2D eigenvalue weighted by Gasteiger charge is 2.22. The van der Waals surface area contributed by atoms with Gasteiger partial charge in [-0.1, -0.05) is 12.1 Å². The first-order chi connectivity index (χ1) is 9.81. The highest BCUT2D eigenvalue weighted by Crippen LogP contribution is 2.18. The van der Waals surface area contributed by atoms with Crippen LogP contribution in [0.1, 0.15) is 25.0 Å². The van der Waals surface area contributed by atoms with Gasteiger partial charge in [0.05, 0.1) is 22.9 Å². The molecule has 0 spiro atoms. The maximum atomic E-state index is 11.5. The van der Waals surface area contributed by atoms with Crippen LogP contribution in [-0.2, 0) is 11.3 Å². The lowest BCUT2D eigenvalue weighted by atomic mass is 10.3. The van der Waals surface area contributed by atoms with Gasteiger partial charge in [-0.15, -0.1) is 0 Å². The van der Waals surface area contributed by atoms with Crippen molar-refractivity contribution < 1.29 is 4.79 Å². The van der Waals surface area contributed by atoms with Gasteiger partial charge in [-0.3, -0.25) is 9.78 Å². The van der Waals surface area contributed by atoms with Crippen molar-refractivity contribution >= 4 is 16.9 Å². The lowest BCUT2D eigenvalue weighted by Crippen LogP contribution is -2.29. The van der Waals surface area contributed by atoms with E-state index in [1.165, 1.54) is 0 Å². The second kappa shape index (κ2) is 5.96. The Bertz CT molecular complexity index is 610. The third-order valence-corrected chi connectivity index (χ3v) is 3.28. The quantitative estimate of drug-likeness (QED) is 0.778. The first-order valence-corrected chi connectivity index (χ1v) is 7.02. The Morgan fingerprint density at radius 1 is 1.25 bits per heavy atom. The molecule has 5 heteroatoms. The van der Waals surface area contributed by atoms with E-state index >= 15 is 0 Å². The van der Waals surface area contributed by atoms with Gasteiger partial charge >= 0.3 is 0 Å². The van der Waals surface area contributed by atoms with Gasteiger partial charge in [-0.2, -0.15) is 0 Å². The zero-order valence-electron chi connectivity index (χ0n) is 11.3. The van der Waals surface area contributed by atoms with E-state index in [0.29, 0.717) is 25.6 Å². The summed E-state index contributed by atoms with van der Waals surface area (Å²) in [4.78, 5) is 20.4. The van der Waals surface area contributed by atoms with Crippen LogP contribution in [0.4, 0.5) is 0 Å². The van der Waals surface area contributed by atoms with E-state index in [-0.39, 0.29) is 5.91 Å². The van der Waals surface area contributed by atoms with Crippen molar-refractivity contribution in [3.05, 3.63) is 36.2 Å². The fourth-order valence-electron chi connectivity index (χ4n) is 2.03. The standard InChI is InChI=1S/C15H18N4O/c20-15(19-11-5-6-11)7-8-16-9-12-10-17-13-3-1-2-4-14(13)18-12/h1-4,10-11,16H,5-9H2,(H,19,20). The van der Waals surface area contributed by atoms with Crippen molar-refractivity contribution in [2.75, 3.05) is 6.54 Å². The van der Waals surface area contributed by atoms with Crippen molar-refractivity contribution in [3.8, 4) is 0 Å². The number of fused-ring (bicyclic) bond motifs is 1. The minimum absolute atomic E-state index is 0.129. The summed E-state index contributed by atoms with van der Waals surface area (Å²) >= 11 is 0. The molecule has 104 valence electrons. The Morgan fingerprint density at radius 2 is 2.05 bits per heavy atom. The molecule has 1 fully saturated rings. The van der Waals surface area contributed by atoms with Crippen LogP contribution in [0.2, 0.25) is 0 Å². The summed E-state index contributed by atoms with van der Waals surface area (Å²) in [5, 5.41) is 6.20. The summed E-state index contributed by atoms with van der Waals surface area (Å²) in [5.74, 6) is 0.129. The van der Waals surface area contributed by atoms with E-state index in [1.54, 1.807) is 6.20 Å². The lowest BCUT2D eigenvalue weighted by molar-refractivity contribution is -0.121. The van der Waals surface area contributed by atoms with Crippen LogP contribution in [0.15, 0.2) is 30.5 Å². The third-order valence-electron chi connectivity index (χ3n) is 3.28. The summed E-state index contributed by atoms with van der Waals surface area (Å²) in [6.07, 6.45) is 4.55. The molecule has 20 heavy (non-hydrogen) atoms. The van der Waals surface area contributed by atoms with Crippen LogP contribution in [0, 0.1) is 0 Å². The summed E-state index contributed by atoms with van der Waals surface area (Å²) in [7, 11) is 0. The minimum Gasteiger partial charge on any atom is -0.353 e. The molecule has 1 aliphatic rings. The molecule has 0 atom stereocenters. The van der Waals surface area contributed by atoms with E-state index in [4.69, 9.17) is 0 Å². The van der Waals surface area contributed by atoms with E-state index < -0.39 is 0 Å². The van der Waals surface area contributed by atoms with Gasteiger partial charge in [-0.25, -0.2) is 4.98 Å². The largest absolute Gasteiger partial charge is 0.353 e. The molecule has 1 aromatic heterocycles. The second-order valence-corrected chi connectivity index (χ2v) is 5.12. The first-order valence-electron chi connectivity index (χ1n) is 7.02. The number of carbonyl (C=O) groups excluding carboxylic acids is 1. The Kier molecular flexibility index (Phi) is 3.87. The molecule has 3 rings (SSSR count). The number of nitrogens with zero attached hydrogens (tertiary/aromatic N) is 2. The second-order valence-electron chi connectivity index (χ2n) is 5.12. The first kappa shape index (κ1) is 13.0. The minimum atomic E-state index is 0.129. The van der Waals surface area contributed by atoms with E-state index in [2.05, 4.69) is 20.6 Å². The van der Waals surface area contributed by atoms with Crippen molar-refractivity contribution in [1.29, 1.82) is 0 Å². The van der Waals surface area contributed by atoms with E-state index in [1.807, 2.05) is 24.3 Å². The molecule has 1 aliphatic carbocycles. The van der Waals surface area contributed by atoms with Gasteiger partial charge in [-0.05, 0) is 25.0 Å². The smallest absolute Gasteiger partial charge is 0.221 e. The Morgan fingerprint density at radius 3 is 2.85 bits per heavy atom. The van der Waals surface area contributed by atoms with Gasteiger partial charge in [0, 0.05) is 25.6 Å². The summed E-state index contributed by atoms with van der Waals surface area (Å²) in [6, 6.07) is 8.24. The number of hydrogen-bond acceptors (Lipinski definition) is 4. The molecule has 0 bridgehead atoms. The van der Waals surface area contributed by atoms with Crippen molar-refractivity contribution in [3.63, 3.8) is 0 Å². The predicted molar refractivity (Wildman–Crippen MR) is 77.0 cm³/mol. The maximum absolute atomic E-state index is 11.5. The molecule has 5 nitrogen and oxygen atoms in total. The van der Waals surface area contributed by atoms with Gasteiger partial charge in [0.25, 0.3) is 0 Å². The number of rotatable bonds is 6. The molecule has 2 aromatic rings. The zero-order chi connectivity index (χ0) is 13.8. The molecule has 1 amide bonds. The monoisotopic (exact) mass is 270 g/mol. The van der Waals surface area contributed by atoms with Crippen LogP contribution in [0.3, 0.4) is 0 Å². The molecule has 0 saturated heterocycles. The van der Waals surface area contributed by atoms with E-state index in [0.717, 1.165) is 29.6 Å². The Labute approximate surface area is 117 Å². The van der Waals surface area contributed by atoms with Crippen LogP contribution in [0.25, 0.3) is 11.0 Å². The summed E-state index contributed by atoms with van der Waals surface area (Å²) in [5.41, 5.74) is 2.70. The molecule has 1 saturated carbocycles. The number of nitrogens with one attached hydrogen (secondary N) is 2. The van der Waals surface area contributed by atoms with Crippen molar-refractivity contribution in [2.45, 2.75) is 31.8 Å². The van der Waals surface area contributed by atoms with Gasteiger partial charge in [0.15, 0.2) is 0 Å². The number of para-hydroxylation sites is 2. The van der Waals surface area contributed by atoms with Crippen LogP contribution >= 0.6 is 0 Å². The molecule has 2 N–H and O–H groups in total. The maximum Gasteiger partial charge on any atom is 0.221 e. The lowest BCUT2D eigenvalue weighted by Gasteiger charge is -2.06. The molecule has 1 aromatic carbocycles. The van der Waals surface area contributed by atoms with Crippen LogP contribution in [-0.4, -0.2) is 28.5 Å². The number of carbonyl (C=O) groups is 1. The molecule has 0 aliphatic heterocycles. The number of aromatic nitrogens is 2. The van der Waals surface area contributed by atoms with Crippen molar-refractivity contribution in [2.24, 2.45) is 0 Å². The topological polar surface area (TPSA) is 66.9 Å². The molecular formula is C15H18N4O.